The number of carbonyl (C=O) groups excluding carboxylic acids is 1. The topological polar surface area (TPSA) is 94.8 Å². The Bertz CT molecular complexity index is 828. The summed E-state index contributed by atoms with van der Waals surface area (Å²) >= 11 is 3.39. The van der Waals surface area contributed by atoms with Gasteiger partial charge in [0.05, 0.1) is 30.7 Å². The third-order valence-corrected chi connectivity index (χ3v) is 4.60. The number of aromatic nitrogens is 1. The Morgan fingerprint density at radius 2 is 2.15 bits per heavy atom. The second-order valence-corrected chi connectivity index (χ2v) is 6.59. The summed E-state index contributed by atoms with van der Waals surface area (Å²) in [6.45, 7) is 1.31. The molecule has 1 aromatic carbocycles. The van der Waals surface area contributed by atoms with E-state index in [1.807, 2.05) is 24.3 Å². The summed E-state index contributed by atoms with van der Waals surface area (Å²) in [4.78, 5) is 28.5. The Morgan fingerprint density at radius 3 is 2.81 bits per heavy atom. The second kappa shape index (κ2) is 7.79. The lowest BCUT2D eigenvalue weighted by molar-refractivity contribution is -0.384. The molecular formula is C17H16BrN3O5. The van der Waals surface area contributed by atoms with Crippen LogP contribution in [0.5, 0.6) is 0 Å². The third-order valence-electron chi connectivity index (χ3n) is 4.07. The van der Waals surface area contributed by atoms with Gasteiger partial charge in [-0.2, -0.15) is 0 Å². The van der Waals surface area contributed by atoms with Crippen molar-refractivity contribution < 1.29 is 19.2 Å². The van der Waals surface area contributed by atoms with Gasteiger partial charge in [-0.3, -0.25) is 10.1 Å². The van der Waals surface area contributed by atoms with Crippen molar-refractivity contribution >= 4 is 33.4 Å². The number of carbonyl (C=O) groups is 1. The molecule has 1 unspecified atom stereocenters. The lowest BCUT2D eigenvalue weighted by Gasteiger charge is -2.33. The Hall–Kier alpha value is -2.52. The third kappa shape index (κ3) is 3.83. The van der Waals surface area contributed by atoms with Crippen molar-refractivity contribution in [3.05, 3.63) is 62.2 Å². The van der Waals surface area contributed by atoms with Crippen LogP contribution in [0.1, 0.15) is 22.0 Å². The Kier molecular flexibility index (Phi) is 5.48. The number of methoxy groups -OCH3 is 1. The fourth-order valence-corrected chi connectivity index (χ4v) is 3.04. The average Bonchev–Trinajstić information content (AvgIpc) is 2.67. The number of esters is 1. The van der Waals surface area contributed by atoms with Gasteiger partial charge >= 0.3 is 11.7 Å². The summed E-state index contributed by atoms with van der Waals surface area (Å²) in [5, 5.41) is 11.5. The summed E-state index contributed by atoms with van der Waals surface area (Å²) in [5.41, 5.74) is 0.789. The molecule has 0 radical (unpaired) electrons. The predicted molar refractivity (Wildman–Crippen MR) is 97.3 cm³/mol. The molecule has 1 aromatic heterocycles. The van der Waals surface area contributed by atoms with Crippen LogP contribution in [0.2, 0.25) is 0 Å². The number of ether oxygens (including phenoxy) is 2. The number of hydrogen-bond donors (Lipinski definition) is 0. The summed E-state index contributed by atoms with van der Waals surface area (Å²) in [6, 6.07) is 8.92. The average molecular weight is 422 g/mol. The molecule has 8 nitrogen and oxygen atoms in total. The number of anilines is 1. The number of morpholine rings is 1. The molecule has 0 spiro atoms. The van der Waals surface area contributed by atoms with Crippen LogP contribution in [0.25, 0.3) is 0 Å². The summed E-state index contributed by atoms with van der Waals surface area (Å²) in [5.74, 6) is -0.449. The normalized spacial score (nSPS) is 17.0. The van der Waals surface area contributed by atoms with Crippen LogP contribution in [0.4, 0.5) is 11.5 Å². The highest BCUT2D eigenvalue weighted by Gasteiger charge is 2.29. The molecule has 136 valence electrons. The molecule has 1 atom stereocenters. The van der Waals surface area contributed by atoms with Crippen molar-refractivity contribution in [3.8, 4) is 0 Å². The monoisotopic (exact) mass is 421 g/mol. The zero-order valence-corrected chi connectivity index (χ0v) is 15.5. The number of nitro groups is 1. The molecule has 1 fully saturated rings. The molecule has 1 aliphatic heterocycles. The Balaban J connectivity index is 1.88. The predicted octanol–water partition coefficient (Wildman–Crippen LogP) is 3.12. The Labute approximate surface area is 158 Å². The van der Waals surface area contributed by atoms with Crippen LogP contribution in [-0.4, -0.2) is 42.7 Å². The van der Waals surface area contributed by atoms with Crippen LogP contribution in [-0.2, 0) is 9.47 Å². The number of halogens is 1. The fraction of sp³-hybridized carbons (Fsp3) is 0.294. The molecule has 9 heteroatoms. The minimum Gasteiger partial charge on any atom is -0.465 e. The molecule has 0 N–H and O–H groups in total. The SMILES string of the molecule is COC(=O)c1cnc(N2CCOC(c3ccc(Br)cc3)C2)c([N+](=O)[O-])c1. The summed E-state index contributed by atoms with van der Waals surface area (Å²) in [6.07, 6.45) is 1.07. The van der Waals surface area contributed by atoms with Crippen molar-refractivity contribution in [2.75, 3.05) is 31.7 Å². The van der Waals surface area contributed by atoms with E-state index >= 15 is 0 Å². The quantitative estimate of drug-likeness (QED) is 0.425. The van der Waals surface area contributed by atoms with Crippen LogP contribution in [0.15, 0.2) is 41.0 Å². The van der Waals surface area contributed by atoms with Gasteiger partial charge in [0, 0.05) is 23.3 Å². The molecule has 0 aliphatic carbocycles. The van der Waals surface area contributed by atoms with Gasteiger partial charge in [0.1, 0.15) is 6.10 Å². The number of pyridine rings is 1. The molecule has 1 saturated heterocycles. The molecule has 1 aliphatic rings. The highest BCUT2D eigenvalue weighted by atomic mass is 79.9. The van der Waals surface area contributed by atoms with Crippen molar-refractivity contribution in [2.45, 2.75) is 6.10 Å². The maximum Gasteiger partial charge on any atom is 0.339 e. The van der Waals surface area contributed by atoms with Crippen molar-refractivity contribution in [2.24, 2.45) is 0 Å². The van der Waals surface area contributed by atoms with E-state index in [0.717, 1.165) is 10.0 Å². The first kappa shape index (κ1) is 18.3. The van der Waals surface area contributed by atoms with E-state index < -0.39 is 10.9 Å². The van der Waals surface area contributed by atoms with Crippen molar-refractivity contribution in [1.29, 1.82) is 0 Å². The van der Waals surface area contributed by atoms with Gasteiger partial charge in [-0.1, -0.05) is 28.1 Å². The molecular weight excluding hydrogens is 406 g/mol. The van der Waals surface area contributed by atoms with Gasteiger partial charge in [0.2, 0.25) is 5.82 Å². The van der Waals surface area contributed by atoms with Crippen LogP contribution >= 0.6 is 15.9 Å². The number of benzene rings is 1. The van der Waals surface area contributed by atoms with E-state index in [-0.39, 0.29) is 23.2 Å². The molecule has 0 bridgehead atoms. The van der Waals surface area contributed by atoms with E-state index in [1.165, 1.54) is 19.4 Å². The van der Waals surface area contributed by atoms with E-state index in [4.69, 9.17) is 4.74 Å². The van der Waals surface area contributed by atoms with Crippen LogP contribution < -0.4 is 4.90 Å². The maximum absolute atomic E-state index is 11.6. The van der Waals surface area contributed by atoms with Gasteiger partial charge in [-0.25, -0.2) is 9.78 Å². The van der Waals surface area contributed by atoms with Crippen LogP contribution in [0, 0.1) is 10.1 Å². The largest absolute Gasteiger partial charge is 0.465 e. The smallest absolute Gasteiger partial charge is 0.339 e. The van der Waals surface area contributed by atoms with Crippen molar-refractivity contribution in [3.63, 3.8) is 0 Å². The van der Waals surface area contributed by atoms with Gasteiger partial charge in [-0.15, -0.1) is 0 Å². The van der Waals surface area contributed by atoms with E-state index in [9.17, 15) is 14.9 Å². The second-order valence-electron chi connectivity index (χ2n) is 5.67. The van der Waals surface area contributed by atoms with E-state index in [2.05, 4.69) is 25.7 Å². The first-order chi connectivity index (χ1) is 12.5. The Morgan fingerprint density at radius 1 is 1.42 bits per heavy atom. The molecule has 2 aromatic rings. The van der Waals surface area contributed by atoms with E-state index in [0.29, 0.717) is 19.7 Å². The molecule has 26 heavy (non-hydrogen) atoms. The minimum atomic E-state index is -0.665. The zero-order valence-electron chi connectivity index (χ0n) is 13.9. The highest BCUT2D eigenvalue weighted by molar-refractivity contribution is 9.10. The first-order valence-electron chi connectivity index (χ1n) is 7.84. The zero-order chi connectivity index (χ0) is 18.7. The number of rotatable bonds is 4. The maximum atomic E-state index is 11.6. The van der Waals surface area contributed by atoms with Gasteiger partial charge in [0.15, 0.2) is 0 Å². The molecule has 2 heterocycles. The standard InChI is InChI=1S/C17H16BrN3O5/c1-25-17(22)12-8-14(21(23)24)16(19-9-12)20-6-7-26-15(10-20)11-2-4-13(18)5-3-11/h2-5,8-9,15H,6-7,10H2,1H3. The number of hydrogen-bond acceptors (Lipinski definition) is 7. The summed E-state index contributed by atoms with van der Waals surface area (Å²) in [7, 11) is 1.22. The van der Waals surface area contributed by atoms with Gasteiger partial charge in [-0.05, 0) is 17.7 Å². The van der Waals surface area contributed by atoms with E-state index in [1.54, 1.807) is 4.90 Å². The lowest BCUT2D eigenvalue weighted by atomic mass is 10.1. The van der Waals surface area contributed by atoms with Gasteiger partial charge < -0.3 is 14.4 Å². The molecule has 3 rings (SSSR count). The van der Waals surface area contributed by atoms with Gasteiger partial charge in [0.25, 0.3) is 0 Å². The lowest BCUT2D eigenvalue weighted by Crippen LogP contribution is -2.39. The molecule has 0 saturated carbocycles. The highest BCUT2D eigenvalue weighted by Crippen LogP contribution is 2.31. The van der Waals surface area contributed by atoms with Crippen molar-refractivity contribution in [1.82, 2.24) is 4.98 Å². The summed E-state index contributed by atoms with van der Waals surface area (Å²) < 4.78 is 11.4. The fourth-order valence-electron chi connectivity index (χ4n) is 2.77. The van der Waals surface area contributed by atoms with Crippen LogP contribution in [0.3, 0.4) is 0 Å². The molecule has 0 amide bonds. The number of nitrogens with zero attached hydrogens (tertiary/aromatic N) is 3. The minimum absolute atomic E-state index is 0.0423. The first-order valence-corrected chi connectivity index (χ1v) is 8.63.